The Hall–Kier alpha value is -3.73. The van der Waals surface area contributed by atoms with E-state index in [9.17, 15) is 23.5 Å². The van der Waals surface area contributed by atoms with E-state index < -0.39 is 23.2 Å². The Bertz CT molecular complexity index is 1400. The van der Waals surface area contributed by atoms with E-state index in [4.69, 9.17) is 10.5 Å². The van der Waals surface area contributed by atoms with E-state index in [-0.39, 0.29) is 36.9 Å². The number of aromatic amines is 1. The highest BCUT2D eigenvalue weighted by Crippen LogP contribution is 2.61. The Morgan fingerprint density at radius 1 is 1.32 bits per heavy atom. The number of ether oxygens (including phenoxy) is 1. The molecule has 202 valence electrons. The number of carbonyl (C=O) groups is 2. The van der Waals surface area contributed by atoms with Crippen LogP contribution in [0.4, 0.5) is 14.6 Å². The summed E-state index contributed by atoms with van der Waals surface area (Å²) in [5.41, 5.74) is 8.28. The summed E-state index contributed by atoms with van der Waals surface area (Å²) in [6.45, 7) is 2.79. The Morgan fingerprint density at radius 3 is 2.74 bits per heavy atom. The van der Waals surface area contributed by atoms with Gasteiger partial charge < -0.3 is 25.9 Å². The molecule has 0 unspecified atom stereocenters. The van der Waals surface area contributed by atoms with Crippen LogP contribution in [0, 0.1) is 12.3 Å². The zero-order valence-electron chi connectivity index (χ0n) is 21.3. The first-order valence-electron chi connectivity index (χ1n) is 12.5. The van der Waals surface area contributed by atoms with Crippen LogP contribution in [0.15, 0.2) is 30.5 Å². The maximum atomic E-state index is 14.1. The molecular formula is C27H31F2N5O4. The number of carbonyl (C=O) groups excluding carboxylic acids is 1. The summed E-state index contributed by atoms with van der Waals surface area (Å²) in [7, 11) is 1.62. The van der Waals surface area contributed by atoms with E-state index in [0.717, 1.165) is 27.8 Å². The molecule has 1 saturated heterocycles. The Balaban J connectivity index is 1.57. The number of piperidine rings is 1. The van der Waals surface area contributed by atoms with Crippen molar-refractivity contribution in [3.8, 4) is 5.75 Å². The molecule has 1 aliphatic heterocycles. The average Bonchev–Trinajstić information content (AvgIpc) is 3.34. The summed E-state index contributed by atoms with van der Waals surface area (Å²) in [6, 6.07) is 6.68. The van der Waals surface area contributed by atoms with Gasteiger partial charge in [0.15, 0.2) is 5.69 Å². The number of carboxylic acid groups (broad SMARTS) is 1. The van der Waals surface area contributed by atoms with Crippen LogP contribution in [0.25, 0.3) is 10.9 Å². The van der Waals surface area contributed by atoms with Crippen molar-refractivity contribution in [3.05, 3.63) is 52.8 Å². The summed E-state index contributed by atoms with van der Waals surface area (Å²) < 4.78 is 33.9. The van der Waals surface area contributed by atoms with Gasteiger partial charge in [0.2, 0.25) is 11.8 Å². The first-order valence-corrected chi connectivity index (χ1v) is 12.5. The number of alkyl halides is 2. The molecule has 1 saturated carbocycles. The van der Waals surface area contributed by atoms with Gasteiger partial charge in [-0.2, -0.15) is 0 Å². The number of hydrogen-bond acceptors (Lipinski definition) is 6. The molecular weight excluding hydrogens is 496 g/mol. The lowest BCUT2D eigenvalue weighted by Crippen LogP contribution is -2.53. The lowest BCUT2D eigenvalue weighted by atomic mass is 9.59. The minimum absolute atomic E-state index is 0.176. The summed E-state index contributed by atoms with van der Waals surface area (Å²) >= 11 is 0. The van der Waals surface area contributed by atoms with E-state index in [1.54, 1.807) is 13.2 Å². The molecule has 3 heterocycles. The SMILES string of the molecule is COc1cc(C)c2[nH]ccc2c1CN1CCC2(C[C@@H]1c1ccc(C(=O)O)nc1NCC(N)=O)CC(F)(F)C2. The number of aryl methyl sites for hydroxylation is 1. The second-order valence-electron chi connectivity index (χ2n) is 10.5. The number of primary amides is 1. The van der Waals surface area contributed by atoms with Crippen molar-refractivity contribution < 1.29 is 28.2 Å². The van der Waals surface area contributed by atoms with E-state index in [1.165, 1.54) is 6.07 Å². The van der Waals surface area contributed by atoms with E-state index >= 15 is 0 Å². The van der Waals surface area contributed by atoms with Gasteiger partial charge in [0.25, 0.3) is 0 Å². The van der Waals surface area contributed by atoms with Crippen LogP contribution in [0.5, 0.6) is 5.75 Å². The number of nitrogens with one attached hydrogen (secondary N) is 2. The number of halogens is 2. The third-order valence-corrected chi connectivity index (χ3v) is 7.89. The third kappa shape index (κ3) is 4.78. The fourth-order valence-corrected chi connectivity index (χ4v) is 6.19. The molecule has 5 rings (SSSR count). The highest BCUT2D eigenvalue weighted by Gasteiger charge is 2.58. The monoisotopic (exact) mass is 527 g/mol. The van der Waals surface area contributed by atoms with Crippen LogP contribution in [-0.2, 0) is 11.3 Å². The standard InChI is InChI=1S/C27H31F2N5O4/c1-15-9-21(38-2)18(16-5-7-31-23(15)16)12-34-8-6-26(13-27(28,29)14-26)10-20(34)17-3-4-19(25(36)37)33-24(17)32-11-22(30)35/h3-5,7,9,20,31H,6,8,10-14H2,1-2H3,(H2,30,35)(H,32,33)(H,36,37)/t20-/m1/s1. The lowest BCUT2D eigenvalue weighted by molar-refractivity contribution is -0.186. The van der Waals surface area contributed by atoms with E-state index in [2.05, 4.69) is 20.2 Å². The van der Waals surface area contributed by atoms with Crippen molar-refractivity contribution in [2.75, 3.05) is 25.5 Å². The number of likely N-dealkylation sites (tertiary alicyclic amines) is 1. The van der Waals surface area contributed by atoms with Gasteiger partial charge in [-0.25, -0.2) is 18.6 Å². The number of aromatic nitrogens is 2. The Labute approximate surface area is 218 Å². The number of pyridine rings is 1. The molecule has 1 aromatic carbocycles. The van der Waals surface area contributed by atoms with Crippen molar-refractivity contribution in [2.45, 2.75) is 51.1 Å². The number of methoxy groups -OCH3 is 1. The van der Waals surface area contributed by atoms with Crippen molar-refractivity contribution >= 4 is 28.6 Å². The van der Waals surface area contributed by atoms with Crippen LogP contribution in [-0.4, -0.2) is 58.0 Å². The largest absolute Gasteiger partial charge is 0.496 e. The number of anilines is 1. The first-order chi connectivity index (χ1) is 18.0. The van der Waals surface area contributed by atoms with Crippen LogP contribution < -0.4 is 15.8 Å². The molecule has 38 heavy (non-hydrogen) atoms. The number of carboxylic acids is 1. The number of nitrogens with two attached hydrogens (primary N) is 1. The van der Waals surface area contributed by atoms with Crippen LogP contribution >= 0.6 is 0 Å². The molecule has 1 spiro atoms. The maximum absolute atomic E-state index is 14.1. The number of aromatic carboxylic acids is 1. The van der Waals surface area contributed by atoms with Gasteiger partial charge in [0.05, 0.1) is 13.7 Å². The molecule has 11 heteroatoms. The molecule has 0 bridgehead atoms. The molecule has 5 N–H and O–H groups in total. The first kappa shape index (κ1) is 25.9. The normalized spacial score (nSPS) is 20.3. The van der Waals surface area contributed by atoms with Gasteiger partial charge in [0.1, 0.15) is 11.6 Å². The highest BCUT2D eigenvalue weighted by molar-refractivity contribution is 5.88. The number of amides is 1. The van der Waals surface area contributed by atoms with Crippen LogP contribution in [0.1, 0.15) is 58.9 Å². The van der Waals surface area contributed by atoms with Crippen LogP contribution in [0.3, 0.4) is 0 Å². The molecule has 3 aromatic rings. The van der Waals surface area contributed by atoms with E-state index in [1.807, 2.05) is 25.3 Å². The molecule has 2 aromatic heterocycles. The topological polar surface area (TPSA) is 134 Å². The average molecular weight is 528 g/mol. The summed E-state index contributed by atoms with van der Waals surface area (Å²) in [6.07, 6.45) is 2.59. The predicted octanol–water partition coefficient (Wildman–Crippen LogP) is 4.23. The second kappa shape index (κ2) is 9.54. The summed E-state index contributed by atoms with van der Waals surface area (Å²) in [4.78, 5) is 32.9. The Kier molecular flexibility index (Phi) is 6.50. The predicted molar refractivity (Wildman–Crippen MR) is 137 cm³/mol. The molecule has 1 amide bonds. The minimum Gasteiger partial charge on any atom is -0.496 e. The van der Waals surface area contributed by atoms with Gasteiger partial charge in [-0.3, -0.25) is 9.69 Å². The van der Waals surface area contributed by atoms with Crippen molar-refractivity contribution in [1.29, 1.82) is 0 Å². The quantitative estimate of drug-likeness (QED) is 0.345. The number of fused-ring (bicyclic) bond motifs is 1. The third-order valence-electron chi connectivity index (χ3n) is 7.89. The number of nitrogens with zero attached hydrogens (tertiary/aromatic N) is 2. The molecule has 1 atom stereocenters. The van der Waals surface area contributed by atoms with Gasteiger partial charge in [-0.1, -0.05) is 6.07 Å². The number of rotatable bonds is 8. The number of hydrogen-bond donors (Lipinski definition) is 4. The molecule has 1 aliphatic carbocycles. The minimum atomic E-state index is -2.68. The van der Waals surface area contributed by atoms with Crippen molar-refractivity contribution in [2.24, 2.45) is 11.1 Å². The zero-order chi connectivity index (χ0) is 27.2. The zero-order valence-corrected chi connectivity index (χ0v) is 21.3. The van der Waals surface area contributed by atoms with Crippen molar-refractivity contribution in [3.63, 3.8) is 0 Å². The Morgan fingerprint density at radius 2 is 2.08 bits per heavy atom. The molecule has 2 fully saturated rings. The molecule has 9 nitrogen and oxygen atoms in total. The van der Waals surface area contributed by atoms with Gasteiger partial charge in [-0.15, -0.1) is 0 Å². The molecule has 0 radical (unpaired) electrons. The van der Waals surface area contributed by atoms with Gasteiger partial charge in [-0.05, 0) is 55.5 Å². The number of benzene rings is 1. The lowest BCUT2D eigenvalue weighted by Gasteiger charge is -2.54. The fraction of sp³-hybridized carbons (Fsp3) is 0.444. The summed E-state index contributed by atoms with van der Waals surface area (Å²) in [5.74, 6) is -3.58. The fourth-order valence-electron chi connectivity index (χ4n) is 6.19. The van der Waals surface area contributed by atoms with Crippen molar-refractivity contribution in [1.82, 2.24) is 14.9 Å². The van der Waals surface area contributed by atoms with Gasteiger partial charge >= 0.3 is 5.97 Å². The smallest absolute Gasteiger partial charge is 0.354 e. The second-order valence-corrected chi connectivity index (χ2v) is 10.5. The van der Waals surface area contributed by atoms with Crippen LogP contribution in [0.2, 0.25) is 0 Å². The number of H-pyrrole nitrogens is 1. The maximum Gasteiger partial charge on any atom is 0.354 e. The van der Waals surface area contributed by atoms with Gasteiger partial charge in [0, 0.05) is 53.7 Å². The van der Waals surface area contributed by atoms with E-state index in [0.29, 0.717) is 31.5 Å². The summed E-state index contributed by atoms with van der Waals surface area (Å²) in [5, 5.41) is 13.4. The highest BCUT2D eigenvalue weighted by atomic mass is 19.3. The molecule has 2 aliphatic rings.